The predicted molar refractivity (Wildman–Crippen MR) is 115 cm³/mol. The number of ether oxygens (including phenoxy) is 1. The van der Waals surface area contributed by atoms with E-state index in [1.54, 1.807) is 7.11 Å². The number of aromatic nitrogens is 2. The van der Waals surface area contributed by atoms with Gasteiger partial charge in [0.2, 0.25) is 0 Å². The van der Waals surface area contributed by atoms with E-state index >= 15 is 0 Å². The summed E-state index contributed by atoms with van der Waals surface area (Å²) in [5.41, 5.74) is 6.16. The minimum absolute atomic E-state index is 0.167. The Morgan fingerprint density at radius 1 is 1.10 bits per heavy atom. The van der Waals surface area contributed by atoms with Crippen molar-refractivity contribution in [1.29, 1.82) is 0 Å². The molecule has 1 aromatic heterocycles. The van der Waals surface area contributed by atoms with Crippen LogP contribution in [0.1, 0.15) is 18.3 Å². The topological polar surface area (TPSA) is 68.5 Å². The fraction of sp³-hybridized carbons (Fsp3) is 0.174. The van der Waals surface area contributed by atoms with Crippen LogP contribution < -0.4 is 10.2 Å². The Labute approximate surface area is 168 Å². The van der Waals surface area contributed by atoms with Gasteiger partial charge in [0.25, 0.3) is 5.91 Å². The van der Waals surface area contributed by atoms with Crippen LogP contribution >= 0.6 is 0 Å². The van der Waals surface area contributed by atoms with E-state index in [9.17, 15) is 4.79 Å². The molecule has 0 saturated carbocycles. The molecule has 0 aliphatic rings. The Hall–Kier alpha value is -3.67. The lowest BCUT2D eigenvalue weighted by Crippen LogP contribution is -2.24. The number of carbonyl (C=O) groups is 1. The highest BCUT2D eigenvalue weighted by atomic mass is 16.5. The average Bonchev–Trinajstić information content (AvgIpc) is 3.06. The molecule has 146 valence electrons. The van der Waals surface area contributed by atoms with Crippen molar-refractivity contribution in [1.82, 2.24) is 15.0 Å². The van der Waals surface area contributed by atoms with E-state index in [1.807, 2.05) is 79.1 Å². The molecule has 0 atom stereocenters. The van der Waals surface area contributed by atoms with Crippen LogP contribution in [0.15, 0.2) is 65.8 Å². The molecule has 1 heterocycles. The molecule has 0 saturated heterocycles. The van der Waals surface area contributed by atoms with Crippen molar-refractivity contribution in [3.8, 4) is 5.75 Å². The molecule has 29 heavy (non-hydrogen) atoms. The molecular weight excluding hydrogens is 364 g/mol. The molecule has 1 amide bonds. The van der Waals surface area contributed by atoms with Crippen LogP contribution in [-0.2, 0) is 11.3 Å². The summed E-state index contributed by atoms with van der Waals surface area (Å²) in [6, 6.07) is 19.8. The number of imidazole rings is 1. The Bertz CT molecular complexity index is 1240. The van der Waals surface area contributed by atoms with Gasteiger partial charge in [0.15, 0.2) is 0 Å². The van der Waals surface area contributed by atoms with Crippen molar-refractivity contribution >= 4 is 33.4 Å². The molecule has 0 unspecified atom stereocenters. The number of methoxy groups -OCH3 is 1. The van der Waals surface area contributed by atoms with E-state index < -0.39 is 0 Å². The zero-order valence-electron chi connectivity index (χ0n) is 16.6. The maximum atomic E-state index is 12.4. The predicted octanol–water partition coefficient (Wildman–Crippen LogP) is 4.05. The molecule has 6 heteroatoms. The number of hydrogen-bond acceptors (Lipinski definition) is 4. The van der Waals surface area contributed by atoms with Crippen LogP contribution in [0.2, 0.25) is 0 Å². The standard InChI is InChI=1S/C23H22N4O2/c1-15(17-8-9-19-13-20(29-3)11-10-18(19)12-17)25-26-23(28)14-27-16(2)24-21-6-4-5-7-22(21)27/h4-13H,14H2,1-3H3,(H,26,28)/b25-15+. The second-order valence-corrected chi connectivity index (χ2v) is 6.89. The minimum Gasteiger partial charge on any atom is -0.497 e. The summed E-state index contributed by atoms with van der Waals surface area (Å²) >= 11 is 0. The van der Waals surface area contributed by atoms with E-state index in [0.717, 1.165) is 44.7 Å². The van der Waals surface area contributed by atoms with Crippen molar-refractivity contribution in [2.75, 3.05) is 7.11 Å². The summed E-state index contributed by atoms with van der Waals surface area (Å²) in [6.45, 7) is 3.94. The Kier molecular flexibility index (Phi) is 4.99. The largest absolute Gasteiger partial charge is 0.497 e. The lowest BCUT2D eigenvalue weighted by molar-refractivity contribution is -0.121. The monoisotopic (exact) mass is 386 g/mol. The number of nitrogens with one attached hydrogen (secondary N) is 1. The second kappa shape index (κ2) is 7.75. The number of amides is 1. The zero-order valence-corrected chi connectivity index (χ0v) is 16.6. The number of para-hydroxylation sites is 2. The van der Waals surface area contributed by atoms with Gasteiger partial charge in [-0.2, -0.15) is 5.10 Å². The number of nitrogens with zero attached hydrogens (tertiary/aromatic N) is 3. The smallest absolute Gasteiger partial charge is 0.260 e. The van der Waals surface area contributed by atoms with Crippen molar-refractivity contribution in [2.24, 2.45) is 5.10 Å². The van der Waals surface area contributed by atoms with E-state index in [0.29, 0.717) is 0 Å². The van der Waals surface area contributed by atoms with Crippen molar-refractivity contribution in [2.45, 2.75) is 20.4 Å². The molecule has 0 spiro atoms. The highest BCUT2D eigenvalue weighted by Gasteiger charge is 2.10. The first-order valence-corrected chi connectivity index (χ1v) is 9.38. The maximum Gasteiger partial charge on any atom is 0.260 e. The summed E-state index contributed by atoms with van der Waals surface area (Å²) in [5.74, 6) is 1.43. The minimum atomic E-state index is -0.193. The summed E-state index contributed by atoms with van der Waals surface area (Å²) in [6.07, 6.45) is 0. The average molecular weight is 386 g/mol. The number of benzene rings is 3. The fourth-order valence-electron chi connectivity index (χ4n) is 3.36. The molecule has 0 radical (unpaired) electrons. The molecular formula is C23H22N4O2. The van der Waals surface area contributed by atoms with Crippen molar-refractivity contribution in [3.05, 3.63) is 72.1 Å². The summed E-state index contributed by atoms with van der Waals surface area (Å²) in [7, 11) is 1.66. The highest BCUT2D eigenvalue weighted by molar-refractivity contribution is 6.02. The summed E-state index contributed by atoms with van der Waals surface area (Å²) in [4.78, 5) is 16.9. The number of fused-ring (bicyclic) bond motifs is 2. The van der Waals surface area contributed by atoms with Gasteiger partial charge in [-0.25, -0.2) is 10.4 Å². The lowest BCUT2D eigenvalue weighted by atomic mass is 10.0. The first-order chi connectivity index (χ1) is 14.0. The number of carbonyl (C=O) groups excluding carboxylic acids is 1. The molecule has 1 N–H and O–H groups in total. The SMILES string of the molecule is COc1ccc2cc(/C(C)=N/NC(=O)Cn3c(C)nc4ccccc43)ccc2c1. The van der Waals surface area contributed by atoms with Gasteiger partial charge in [0.05, 0.1) is 23.9 Å². The Morgan fingerprint density at radius 2 is 1.86 bits per heavy atom. The molecule has 0 fully saturated rings. The van der Waals surface area contributed by atoms with E-state index in [-0.39, 0.29) is 12.5 Å². The van der Waals surface area contributed by atoms with Gasteiger partial charge < -0.3 is 9.30 Å². The maximum absolute atomic E-state index is 12.4. The first kappa shape index (κ1) is 18.7. The highest BCUT2D eigenvalue weighted by Crippen LogP contribution is 2.22. The number of hydrazone groups is 1. The molecule has 3 aromatic carbocycles. The number of aryl methyl sites for hydroxylation is 1. The Morgan fingerprint density at radius 3 is 2.69 bits per heavy atom. The zero-order chi connectivity index (χ0) is 20.4. The van der Waals surface area contributed by atoms with Gasteiger partial charge in [-0.05, 0) is 60.5 Å². The van der Waals surface area contributed by atoms with Gasteiger partial charge in [-0.1, -0.05) is 30.3 Å². The third kappa shape index (κ3) is 3.82. The lowest BCUT2D eigenvalue weighted by Gasteiger charge is -2.08. The quantitative estimate of drug-likeness (QED) is 0.416. The van der Waals surface area contributed by atoms with Crippen LogP contribution in [0.25, 0.3) is 21.8 Å². The van der Waals surface area contributed by atoms with Crippen LogP contribution in [0.3, 0.4) is 0 Å². The molecule has 0 bridgehead atoms. The van der Waals surface area contributed by atoms with Crippen LogP contribution in [0.4, 0.5) is 0 Å². The van der Waals surface area contributed by atoms with E-state index in [2.05, 4.69) is 15.5 Å². The van der Waals surface area contributed by atoms with Crippen LogP contribution in [0.5, 0.6) is 5.75 Å². The first-order valence-electron chi connectivity index (χ1n) is 9.38. The van der Waals surface area contributed by atoms with Crippen molar-refractivity contribution in [3.63, 3.8) is 0 Å². The third-order valence-electron chi connectivity index (χ3n) is 4.96. The fourth-order valence-corrected chi connectivity index (χ4v) is 3.36. The normalized spacial score (nSPS) is 11.8. The van der Waals surface area contributed by atoms with Crippen LogP contribution in [-0.4, -0.2) is 28.3 Å². The second-order valence-electron chi connectivity index (χ2n) is 6.89. The molecule has 0 aliphatic carbocycles. The van der Waals surface area contributed by atoms with Gasteiger partial charge in [-0.3, -0.25) is 4.79 Å². The Balaban J connectivity index is 1.50. The number of hydrogen-bond donors (Lipinski definition) is 1. The molecule has 4 aromatic rings. The summed E-state index contributed by atoms with van der Waals surface area (Å²) in [5, 5.41) is 6.46. The summed E-state index contributed by atoms with van der Waals surface area (Å²) < 4.78 is 7.15. The van der Waals surface area contributed by atoms with Gasteiger partial charge in [0, 0.05) is 0 Å². The molecule has 0 aliphatic heterocycles. The number of rotatable bonds is 5. The van der Waals surface area contributed by atoms with E-state index in [1.165, 1.54) is 0 Å². The van der Waals surface area contributed by atoms with Crippen LogP contribution in [0, 0.1) is 6.92 Å². The third-order valence-corrected chi connectivity index (χ3v) is 4.96. The molecule has 6 nitrogen and oxygen atoms in total. The molecule has 4 rings (SSSR count). The van der Waals surface area contributed by atoms with E-state index in [4.69, 9.17) is 4.74 Å². The van der Waals surface area contributed by atoms with Gasteiger partial charge in [0.1, 0.15) is 18.1 Å². The van der Waals surface area contributed by atoms with Gasteiger partial charge >= 0.3 is 0 Å². The van der Waals surface area contributed by atoms with Gasteiger partial charge in [-0.15, -0.1) is 0 Å². The van der Waals surface area contributed by atoms with Crippen molar-refractivity contribution < 1.29 is 9.53 Å².